The molecule has 110 valence electrons. The van der Waals surface area contributed by atoms with Crippen molar-refractivity contribution in [1.82, 2.24) is 5.32 Å². The number of ether oxygens (including phenoxy) is 1. The Labute approximate surface area is 121 Å². The van der Waals surface area contributed by atoms with Gasteiger partial charge in [0, 0.05) is 18.8 Å². The average Bonchev–Trinajstić information content (AvgIpc) is 2.70. The lowest BCUT2D eigenvalue weighted by Gasteiger charge is -2.26. The number of hydrogen-bond acceptors (Lipinski definition) is 4. The van der Waals surface area contributed by atoms with Crippen LogP contribution < -0.4 is 10.2 Å². The number of aryl methyl sites for hydroxylation is 1. The first kappa shape index (κ1) is 14.9. The van der Waals surface area contributed by atoms with Crippen LogP contribution in [0.1, 0.15) is 24.8 Å². The second-order valence-electron chi connectivity index (χ2n) is 5.23. The van der Waals surface area contributed by atoms with E-state index in [0.717, 1.165) is 25.9 Å². The molecule has 0 saturated heterocycles. The van der Waals surface area contributed by atoms with E-state index in [0.29, 0.717) is 0 Å². The highest BCUT2D eigenvalue weighted by Crippen LogP contribution is 2.26. The number of esters is 1. The molecule has 1 unspecified atom stereocenters. The van der Waals surface area contributed by atoms with Gasteiger partial charge in [0.25, 0.3) is 0 Å². The molecule has 0 spiro atoms. The Bertz CT molecular complexity index is 448. The van der Waals surface area contributed by atoms with Gasteiger partial charge in [0.05, 0.1) is 7.11 Å². The standard InChI is InChI=1S/C16H24N2O2/c1-17-14(16(19)20-2)10-12-18-11-6-5-8-13-7-3-4-9-15(13)18/h3-4,7,9,14,17H,5-6,8,10-12H2,1-2H3. The Morgan fingerprint density at radius 3 is 2.95 bits per heavy atom. The average molecular weight is 276 g/mol. The number of likely N-dealkylation sites (N-methyl/N-ethyl adjacent to an activating group) is 1. The molecular weight excluding hydrogens is 252 g/mol. The molecule has 1 N–H and O–H groups in total. The maximum atomic E-state index is 11.6. The van der Waals surface area contributed by atoms with Gasteiger partial charge in [-0.25, -0.2) is 0 Å². The highest BCUT2D eigenvalue weighted by Gasteiger charge is 2.20. The zero-order valence-corrected chi connectivity index (χ0v) is 12.4. The normalized spacial score (nSPS) is 16.2. The molecule has 20 heavy (non-hydrogen) atoms. The summed E-state index contributed by atoms with van der Waals surface area (Å²) in [6.45, 7) is 1.94. The van der Waals surface area contributed by atoms with Crippen LogP contribution in [-0.4, -0.2) is 39.3 Å². The van der Waals surface area contributed by atoms with E-state index < -0.39 is 0 Å². The van der Waals surface area contributed by atoms with Crippen LogP contribution in [0.4, 0.5) is 5.69 Å². The van der Waals surface area contributed by atoms with Gasteiger partial charge in [0.15, 0.2) is 0 Å². The van der Waals surface area contributed by atoms with Gasteiger partial charge in [-0.15, -0.1) is 0 Å². The summed E-state index contributed by atoms with van der Waals surface area (Å²) in [6.07, 6.45) is 4.35. The van der Waals surface area contributed by atoms with Crippen molar-refractivity contribution in [2.45, 2.75) is 31.7 Å². The molecule has 0 radical (unpaired) electrons. The first-order valence-corrected chi connectivity index (χ1v) is 7.34. The number of para-hydroxylation sites is 1. The summed E-state index contributed by atoms with van der Waals surface area (Å²) in [5.41, 5.74) is 2.74. The molecule has 0 aliphatic carbocycles. The smallest absolute Gasteiger partial charge is 0.322 e. The van der Waals surface area contributed by atoms with E-state index in [1.807, 2.05) is 0 Å². The molecule has 4 heteroatoms. The van der Waals surface area contributed by atoms with Crippen LogP contribution in [0.25, 0.3) is 0 Å². The van der Waals surface area contributed by atoms with Gasteiger partial charge >= 0.3 is 5.97 Å². The molecule has 1 aliphatic heterocycles. The zero-order valence-electron chi connectivity index (χ0n) is 12.4. The first-order valence-electron chi connectivity index (χ1n) is 7.34. The van der Waals surface area contributed by atoms with E-state index in [1.54, 1.807) is 7.05 Å². The fourth-order valence-electron chi connectivity index (χ4n) is 2.81. The van der Waals surface area contributed by atoms with Crippen LogP contribution in [0.15, 0.2) is 24.3 Å². The van der Waals surface area contributed by atoms with Crippen molar-refractivity contribution in [3.63, 3.8) is 0 Å². The monoisotopic (exact) mass is 276 g/mol. The van der Waals surface area contributed by atoms with Gasteiger partial charge in [-0.3, -0.25) is 4.79 Å². The van der Waals surface area contributed by atoms with Crippen molar-refractivity contribution in [2.75, 3.05) is 32.1 Å². The van der Waals surface area contributed by atoms with Crippen molar-refractivity contribution < 1.29 is 9.53 Å². The van der Waals surface area contributed by atoms with Crippen LogP contribution >= 0.6 is 0 Å². The summed E-state index contributed by atoms with van der Waals surface area (Å²) in [7, 11) is 3.24. The number of anilines is 1. The van der Waals surface area contributed by atoms with E-state index >= 15 is 0 Å². The molecule has 0 saturated carbocycles. The SMILES string of the molecule is CNC(CCN1CCCCc2ccccc21)C(=O)OC. The highest BCUT2D eigenvalue weighted by molar-refractivity contribution is 5.75. The van der Waals surface area contributed by atoms with E-state index in [2.05, 4.69) is 34.5 Å². The zero-order chi connectivity index (χ0) is 14.4. The number of carbonyl (C=O) groups is 1. The van der Waals surface area contributed by atoms with Crippen molar-refractivity contribution in [3.05, 3.63) is 29.8 Å². The number of nitrogens with zero attached hydrogens (tertiary/aromatic N) is 1. The van der Waals surface area contributed by atoms with E-state index in [-0.39, 0.29) is 12.0 Å². The van der Waals surface area contributed by atoms with Gasteiger partial charge in [-0.1, -0.05) is 18.2 Å². The topological polar surface area (TPSA) is 41.6 Å². The molecule has 0 fully saturated rings. The molecule has 1 aromatic carbocycles. The number of methoxy groups -OCH3 is 1. The summed E-state index contributed by atoms with van der Waals surface area (Å²) in [5.74, 6) is -0.185. The van der Waals surface area contributed by atoms with Crippen LogP contribution in [-0.2, 0) is 16.0 Å². The third-order valence-electron chi connectivity index (χ3n) is 3.98. The quantitative estimate of drug-likeness (QED) is 0.835. The lowest BCUT2D eigenvalue weighted by Crippen LogP contribution is -2.39. The first-order chi connectivity index (χ1) is 9.76. The third kappa shape index (κ3) is 3.51. The van der Waals surface area contributed by atoms with Crippen molar-refractivity contribution in [3.8, 4) is 0 Å². The summed E-state index contributed by atoms with van der Waals surface area (Å²) in [5, 5.41) is 3.03. The fourth-order valence-corrected chi connectivity index (χ4v) is 2.81. The lowest BCUT2D eigenvalue weighted by atomic mass is 10.1. The van der Waals surface area contributed by atoms with E-state index in [9.17, 15) is 4.79 Å². The lowest BCUT2D eigenvalue weighted by molar-refractivity contribution is -0.143. The second kappa shape index (κ2) is 7.29. The molecule has 0 amide bonds. The number of carbonyl (C=O) groups excluding carboxylic acids is 1. The molecule has 4 nitrogen and oxygen atoms in total. The second-order valence-corrected chi connectivity index (χ2v) is 5.23. The Morgan fingerprint density at radius 1 is 1.40 bits per heavy atom. The molecule has 1 aromatic rings. The highest BCUT2D eigenvalue weighted by atomic mass is 16.5. The van der Waals surface area contributed by atoms with Crippen LogP contribution in [0.3, 0.4) is 0 Å². The molecule has 1 heterocycles. The number of hydrogen-bond donors (Lipinski definition) is 1. The molecule has 2 rings (SSSR count). The van der Waals surface area contributed by atoms with Crippen molar-refractivity contribution in [2.24, 2.45) is 0 Å². The van der Waals surface area contributed by atoms with Crippen molar-refractivity contribution >= 4 is 11.7 Å². The number of rotatable bonds is 5. The summed E-state index contributed by atoms with van der Waals surface area (Å²) < 4.78 is 4.82. The largest absolute Gasteiger partial charge is 0.468 e. The summed E-state index contributed by atoms with van der Waals surface area (Å²) in [4.78, 5) is 14.0. The maximum Gasteiger partial charge on any atom is 0.322 e. The molecule has 0 aromatic heterocycles. The minimum absolute atomic E-state index is 0.185. The van der Waals surface area contributed by atoms with Gasteiger partial charge < -0.3 is 15.0 Å². The van der Waals surface area contributed by atoms with Gasteiger partial charge in [-0.05, 0) is 44.4 Å². The Morgan fingerprint density at radius 2 is 2.20 bits per heavy atom. The predicted octanol–water partition coefficient (Wildman–Crippen LogP) is 1.98. The third-order valence-corrected chi connectivity index (χ3v) is 3.98. The molecule has 0 bridgehead atoms. The van der Waals surface area contributed by atoms with E-state index in [4.69, 9.17) is 4.74 Å². The Balaban J connectivity index is 2.03. The van der Waals surface area contributed by atoms with Gasteiger partial charge in [0.1, 0.15) is 6.04 Å². The fraction of sp³-hybridized carbons (Fsp3) is 0.562. The number of nitrogens with one attached hydrogen (secondary N) is 1. The Hall–Kier alpha value is -1.55. The minimum atomic E-state index is -0.226. The maximum absolute atomic E-state index is 11.6. The summed E-state index contributed by atoms with van der Waals surface area (Å²) in [6, 6.07) is 8.37. The van der Waals surface area contributed by atoms with Gasteiger partial charge in [-0.2, -0.15) is 0 Å². The number of fused-ring (bicyclic) bond motifs is 1. The van der Waals surface area contributed by atoms with Gasteiger partial charge in [0.2, 0.25) is 0 Å². The van der Waals surface area contributed by atoms with E-state index in [1.165, 1.54) is 31.2 Å². The predicted molar refractivity (Wildman–Crippen MR) is 81.1 cm³/mol. The Kier molecular flexibility index (Phi) is 5.41. The van der Waals surface area contributed by atoms with Crippen LogP contribution in [0.5, 0.6) is 0 Å². The molecule has 1 atom stereocenters. The molecular formula is C16H24N2O2. The van der Waals surface area contributed by atoms with Crippen LogP contribution in [0, 0.1) is 0 Å². The van der Waals surface area contributed by atoms with Crippen LogP contribution in [0.2, 0.25) is 0 Å². The number of benzene rings is 1. The van der Waals surface area contributed by atoms with Crippen molar-refractivity contribution in [1.29, 1.82) is 0 Å². The minimum Gasteiger partial charge on any atom is -0.468 e. The summed E-state index contributed by atoms with van der Waals surface area (Å²) >= 11 is 0. The molecule has 1 aliphatic rings.